The fraction of sp³-hybridized carbons (Fsp3) is 0.133. The van der Waals surface area contributed by atoms with Crippen molar-refractivity contribution >= 4 is 5.97 Å². The number of aryl methyl sites for hydroxylation is 1. The van der Waals surface area contributed by atoms with Gasteiger partial charge in [-0.05, 0) is 36.1 Å². The van der Waals surface area contributed by atoms with E-state index in [0.29, 0.717) is 12.0 Å². The lowest BCUT2D eigenvalue weighted by Crippen LogP contribution is -2.13. The lowest BCUT2D eigenvalue weighted by Gasteiger charge is -2.10. The fourth-order valence-electron chi connectivity index (χ4n) is 1.99. The molecule has 2 N–H and O–H groups in total. The first-order chi connectivity index (χ1) is 8.72. The van der Waals surface area contributed by atoms with Crippen molar-refractivity contribution in [3.8, 4) is 0 Å². The number of carbonyl (C=O) groups is 1. The van der Waals surface area contributed by atoms with Gasteiger partial charge < -0.3 is 4.84 Å². The highest BCUT2D eigenvalue weighted by molar-refractivity contribution is 5.91. The van der Waals surface area contributed by atoms with Crippen LogP contribution in [0.5, 0.6) is 0 Å². The summed E-state index contributed by atoms with van der Waals surface area (Å²) in [6, 6.07) is 15.5. The SMILES string of the molecule is Cc1cccc(C(=O)ON)c1Cc1ccccc1. The lowest BCUT2D eigenvalue weighted by atomic mass is 9.95. The fourth-order valence-corrected chi connectivity index (χ4v) is 1.99. The van der Waals surface area contributed by atoms with Crippen molar-refractivity contribution in [2.45, 2.75) is 13.3 Å². The van der Waals surface area contributed by atoms with Crippen LogP contribution in [0.2, 0.25) is 0 Å². The first-order valence-electron chi connectivity index (χ1n) is 5.76. The molecule has 0 unspecified atom stereocenters. The van der Waals surface area contributed by atoms with E-state index in [1.54, 1.807) is 6.07 Å². The largest absolute Gasteiger partial charge is 0.370 e. The van der Waals surface area contributed by atoms with Crippen molar-refractivity contribution in [1.29, 1.82) is 0 Å². The normalized spacial score (nSPS) is 10.1. The monoisotopic (exact) mass is 241 g/mol. The molecule has 0 atom stereocenters. The Balaban J connectivity index is 2.40. The van der Waals surface area contributed by atoms with E-state index in [1.807, 2.05) is 49.4 Å². The Bertz CT molecular complexity index is 550. The molecule has 0 saturated carbocycles. The Morgan fingerprint density at radius 1 is 1.11 bits per heavy atom. The standard InChI is InChI=1S/C15H15NO2/c1-11-6-5-9-13(15(17)18-16)14(11)10-12-7-3-2-4-8-12/h2-9H,10,16H2,1H3. The Kier molecular flexibility index (Phi) is 3.75. The van der Waals surface area contributed by atoms with Crippen LogP contribution in [-0.4, -0.2) is 5.97 Å². The minimum atomic E-state index is -0.496. The van der Waals surface area contributed by atoms with Crippen molar-refractivity contribution in [3.63, 3.8) is 0 Å². The number of benzene rings is 2. The van der Waals surface area contributed by atoms with E-state index in [0.717, 1.165) is 16.7 Å². The number of hydrogen-bond donors (Lipinski definition) is 1. The third-order valence-corrected chi connectivity index (χ3v) is 2.96. The van der Waals surface area contributed by atoms with Crippen LogP contribution >= 0.6 is 0 Å². The van der Waals surface area contributed by atoms with E-state index in [1.165, 1.54) is 0 Å². The summed E-state index contributed by atoms with van der Waals surface area (Å²) in [5.74, 6) is 4.47. The molecule has 2 aromatic rings. The van der Waals surface area contributed by atoms with Gasteiger partial charge >= 0.3 is 5.97 Å². The zero-order valence-corrected chi connectivity index (χ0v) is 10.2. The van der Waals surface area contributed by atoms with Crippen LogP contribution in [0.3, 0.4) is 0 Å². The van der Waals surface area contributed by atoms with E-state index in [9.17, 15) is 4.79 Å². The zero-order chi connectivity index (χ0) is 13.0. The number of hydrogen-bond acceptors (Lipinski definition) is 3. The first kappa shape index (κ1) is 12.3. The van der Waals surface area contributed by atoms with Crippen LogP contribution in [-0.2, 0) is 11.3 Å². The Morgan fingerprint density at radius 2 is 1.83 bits per heavy atom. The van der Waals surface area contributed by atoms with Gasteiger partial charge in [0.15, 0.2) is 0 Å². The number of rotatable bonds is 3. The van der Waals surface area contributed by atoms with Crippen LogP contribution in [0.25, 0.3) is 0 Å². The summed E-state index contributed by atoms with van der Waals surface area (Å²) in [7, 11) is 0. The summed E-state index contributed by atoms with van der Waals surface area (Å²) >= 11 is 0. The van der Waals surface area contributed by atoms with Crippen LogP contribution in [0, 0.1) is 6.92 Å². The Morgan fingerprint density at radius 3 is 2.50 bits per heavy atom. The summed E-state index contributed by atoms with van der Waals surface area (Å²) in [5.41, 5.74) is 3.69. The first-order valence-corrected chi connectivity index (χ1v) is 5.76. The molecule has 18 heavy (non-hydrogen) atoms. The molecule has 3 heteroatoms. The average molecular weight is 241 g/mol. The van der Waals surface area contributed by atoms with Crippen molar-refractivity contribution in [3.05, 3.63) is 70.8 Å². The second kappa shape index (κ2) is 5.47. The molecule has 0 bridgehead atoms. The summed E-state index contributed by atoms with van der Waals surface area (Å²) in [6.07, 6.45) is 0.692. The van der Waals surface area contributed by atoms with Gasteiger partial charge in [-0.25, -0.2) is 4.79 Å². The lowest BCUT2D eigenvalue weighted by molar-refractivity contribution is 0.0502. The third-order valence-electron chi connectivity index (χ3n) is 2.96. The van der Waals surface area contributed by atoms with Crippen LogP contribution < -0.4 is 5.90 Å². The molecule has 0 saturated heterocycles. The topological polar surface area (TPSA) is 52.3 Å². The van der Waals surface area contributed by atoms with Crippen molar-refractivity contribution in [2.24, 2.45) is 5.90 Å². The number of carbonyl (C=O) groups excluding carboxylic acids is 1. The molecule has 0 spiro atoms. The summed E-state index contributed by atoms with van der Waals surface area (Å²) < 4.78 is 0. The van der Waals surface area contributed by atoms with Gasteiger partial charge in [0.1, 0.15) is 0 Å². The van der Waals surface area contributed by atoms with Crippen LogP contribution in [0.15, 0.2) is 48.5 Å². The molecule has 0 aliphatic rings. The Hall–Kier alpha value is -2.13. The van der Waals surface area contributed by atoms with Gasteiger partial charge in [0.2, 0.25) is 0 Å². The maximum Gasteiger partial charge on any atom is 0.356 e. The molecule has 2 rings (SSSR count). The molecular formula is C15H15NO2. The zero-order valence-electron chi connectivity index (χ0n) is 10.2. The van der Waals surface area contributed by atoms with Gasteiger partial charge in [-0.15, -0.1) is 0 Å². The van der Waals surface area contributed by atoms with Gasteiger partial charge in [-0.3, -0.25) is 0 Å². The molecule has 92 valence electrons. The molecule has 3 nitrogen and oxygen atoms in total. The summed E-state index contributed by atoms with van der Waals surface area (Å²) in [4.78, 5) is 16.0. The van der Waals surface area contributed by atoms with E-state index >= 15 is 0 Å². The van der Waals surface area contributed by atoms with Crippen molar-refractivity contribution in [2.75, 3.05) is 0 Å². The molecule has 0 aliphatic heterocycles. The third kappa shape index (κ3) is 2.57. The second-order valence-corrected chi connectivity index (χ2v) is 4.17. The van der Waals surface area contributed by atoms with Gasteiger partial charge in [0.25, 0.3) is 0 Å². The highest BCUT2D eigenvalue weighted by atomic mass is 16.7. The quantitative estimate of drug-likeness (QED) is 0.840. The van der Waals surface area contributed by atoms with E-state index < -0.39 is 5.97 Å². The predicted molar refractivity (Wildman–Crippen MR) is 70.0 cm³/mol. The molecule has 0 heterocycles. The summed E-state index contributed by atoms with van der Waals surface area (Å²) in [6.45, 7) is 1.98. The highest BCUT2D eigenvalue weighted by Crippen LogP contribution is 2.19. The van der Waals surface area contributed by atoms with Crippen molar-refractivity contribution in [1.82, 2.24) is 0 Å². The van der Waals surface area contributed by atoms with Gasteiger partial charge in [0, 0.05) is 0 Å². The van der Waals surface area contributed by atoms with Gasteiger partial charge in [-0.2, -0.15) is 5.90 Å². The van der Waals surface area contributed by atoms with Crippen LogP contribution in [0.1, 0.15) is 27.0 Å². The minimum absolute atomic E-state index is 0.496. The van der Waals surface area contributed by atoms with Crippen LogP contribution in [0.4, 0.5) is 0 Å². The Labute approximate surface area is 106 Å². The van der Waals surface area contributed by atoms with Crippen molar-refractivity contribution < 1.29 is 9.63 Å². The molecule has 0 fully saturated rings. The van der Waals surface area contributed by atoms with Gasteiger partial charge in [0.05, 0.1) is 5.56 Å². The highest BCUT2D eigenvalue weighted by Gasteiger charge is 2.14. The molecule has 0 aliphatic carbocycles. The van der Waals surface area contributed by atoms with Gasteiger partial charge in [-0.1, -0.05) is 42.5 Å². The number of nitrogens with two attached hydrogens (primary N) is 1. The molecule has 0 aromatic heterocycles. The second-order valence-electron chi connectivity index (χ2n) is 4.17. The summed E-state index contributed by atoms with van der Waals surface area (Å²) in [5, 5.41) is 0. The molecular weight excluding hydrogens is 226 g/mol. The smallest absolute Gasteiger partial charge is 0.356 e. The predicted octanol–water partition coefficient (Wildman–Crippen LogP) is 2.62. The molecule has 0 radical (unpaired) electrons. The maximum absolute atomic E-state index is 11.6. The average Bonchev–Trinajstić information content (AvgIpc) is 2.41. The maximum atomic E-state index is 11.6. The molecule has 2 aromatic carbocycles. The van der Waals surface area contributed by atoms with E-state index in [2.05, 4.69) is 4.84 Å². The van der Waals surface area contributed by atoms with E-state index in [-0.39, 0.29) is 0 Å². The minimum Gasteiger partial charge on any atom is -0.370 e. The molecule has 0 amide bonds. The van der Waals surface area contributed by atoms with E-state index in [4.69, 9.17) is 5.90 Å².